The van der Waals surface area contributed by atoms with Crippen molar-refractivity contribution in [3.63, 3.8) is 0 Å². The van der Waals surface area contributed by atoms with Crippen molar-refractivity contribution in [2.75, 3.05) is 12.3 Å². The Bertz CT molecular complexity index is 1050. The molecule has 0 saturated carbocycles. The first kappa shape index (κ1) is 17.9. The Kier molecular flexibility index (Phi) is 5.53. The van der Waals surface area contributed by atoms with Crippen LogP contribution >= 0.6 is 11.8 Å². The van der Waals surface area contributed by atoms with E-state index in [4.69, 9.17) is 5.26 Å². The first-order chi connectivity index (χ1) is 12.7. The van der Waals surface area contributed by atoms with Crippen LogP contribution in [0.15, 0.2) is 34.2 Å². The number of aromatic nitrogens is 4. The summed E-state index contributed by atoms with van der Waals surface area (Å²) in [6.45, 7) is 2.87. The maximum Gasteiger partial charge on any atom is 0.262 e. The predicted molar refractivity (Wildman–Crippen MR) is 99.0 cm³/mol. The van der Waals surface area contributed by atoms with Crippen molar-refractivity contribution in [2.24, 2.45) is 0 Å². The molecule has 1 amide bonds. The number of nitrogens with one attached hydrogen (secondary N) is 1. The lowest BCUT2D eigenvalue weighted by Crippen LogP contribution is -2.26. The fourth-order valence-electron chi connectivity index (χ4n) is 2.69. The maximum absolute atomic E-state index is 12.7. The van der Waals surface area contributed by atoms with E-state index in [1.807, 2.05) is 35.6 Å². The number of benzene rings is 1. The number of para-hydroxylation sites is 1. The average Bonchev–Trinajstić information content (AvgIpc) is 3.07. The van der Waals surface area contributed by atoms with E-state index >= 15 is 0 Å². The van der Waals surface area contributed by atoms with Gasteiger partial charge in [0.15, 0.2) is 5.16 Å². The topological polar surface area (TPSA) is 105 Å². The Labute approximate surface area is 153 Å². The molecule has 1 N–H and O–H groups in total. The van der Waals surface area contributed by atoms with E-state index in [-0.39, 0.29) is 23.6 Å². The van der Waals surface area contributed by atoms with E-state index < -0.39 is 0 Å². The van der Waals surface area contributed by atoms with E-state index in [2.05, 4.69) is 15.5 Å². The molecule has 0 radical (unpaired) electrons. The standard InChI is InChI=1S/C17H18N6O2S/c1-2-10-22-15(25)12-6-3-4-7-13(12)23-16(22)20-21-17(23)26-11-14(24)19-9-5-8-18/h3-4,6-7H,2,5,9-11H2,1H3,(H,19,24). The minimum absolute atomic E-state index is 0.0897. The summed E-state index contributed by atoms with van der Waals surface area (Å²) in [6.07, 6.45) is 1.07. The van der Waals surface area contributed by atoms with Gasteiger partial charge in [-0.05, 0) is 18.6 Å². The summed E-state index contributed by atoms with van der Waals surface area (Å²) in [5, 5.41) is 20.7. The number of nitriles is 1. The Morgan fingerprint density at radius 2 is 2.15 bits per heavy atom. The molecular weight excluding hydrogens is 352 g/mol. The molecule has 3 aromatic rings. The van der Waals surface area contributed by atoms with Gasteiger partial charge in [0.2, 0.25) is 11.7 Å². The second-order valence-electron chi connectivity index (χ2n) is 5.64. The van der Waals surface area contributed by atoms with Crippen molar-refractivity contribution in [3.8, 4) is 6.07 Å². The zero-order chi connectivity index (χ0) is 18.5. The minimum atomic E-state index is -0.173. The van der Waals surface area contributed by atoms with Gasteiger partial charge in [-0.3, -0.25) is 18.6 Å². The summed E-state index contributed by atoms with van der Waals surface area (Å²) in [4.78, 5) is 24.6. The zero-order valence-electron chi connectivity index (χ0n) is 14.3. The Hall–Kier alpha value is -2.86. The highest BCUT2D eigenvalue weighted by atomic mass is 32.2. The Morgan fingerprint density at radius 3 is 2.92 bits per heavy atom. The van der Waals surface area contributed by atoms with Crippen molar-refractivity contribution in [2.45, 2.75) is 31.5 Å². The number of nitrogens with zero attached hydrogens (tertiary/aromatic N) is 5. The van der Waals surface area contributed by atoms with Gasteiger partial charge in [0.1, 0.15) is 0 Å². The van der Waals surface area contributed by atoms with Gasteiger partial charge in [-0.15, -0.1) is 10.2 Å². The van der Waals surface area contributed by atoms with Crippen molar-refractivity contribution in [1.29, 1.82) is 5.26 Å². The molecule has 1 aromatic carbocycles. The fourth-order valence-corrected chi connectivity index (χ4v) is 3.46. The molecule has 0 aliphatic carbocycles. The number of thioether (sulfide) groups is 1. The predicted octanol–water partition coefficient (Wildman–Crippen LogP) is 1.58. The van der Waals surface area contributed by atoms with Gasteiger partial charge in [-0.1, -0.05) is 30.8 Å². The lowest BCUT2D eigenvalue weighted by atomic mass is 10.2. The lowest BCUT2D eigenvalue weighted by molar-refractivity contribution is -0.118. The molecule has 0 unspecified atom stereocenters. The molecule has 0 saturated heterocycles. The molecule has 0 aliphatic heterocycles. The van der Waals surface area contributed by atoms with Gasteiger partial charge in [-0.2, -0.15) is 5.26 Å². The van der Waals surface area contributed by atoms with E-state index in [0.717, 1.165) is 11.9 Å². The van der Waals surface area contributed by atoms with Crippen LogP contribution < -0.4 is 10.9 Å². The van der Waals surface area contributed by atoms with Crippen LogP contribution in [0.25, 0.3) is 16.7 Å². The van der Waals surface area contributed by atoms with E-state index in [1.165, 1.54) is 11.8 Å². The molecule has 0 atom stereocenters. The van der Waals surface area contributed by atoms with Crippen LogP contribution in [0.5, 0.6) is 0 Å². The van der Waals surface area contributed by atoms with Gasteiger partial charge in [0, 0.05) is 13.1 Å². The number of hydrogen-bond donors (Lipinski definition) is 1. The molecule has 134 valence electrons. The molecule has 3 rings (SSSR count). The number of aryl methyl sites for hydroxylation is 1. The number of carbonyl (C=O) groups excluding carboxylic acids is 1. The van der Waals surface area contributed by atoms with E-state index in [9.17, 15) is 9.59 Å². The van der Waals surface area contributed by atoms with Crippen LogP contribution in [0.3, 0.4) is 0 Å². The average molecular weight is 370 g/mol. The molecule has 0 bridgehead atoms. The molecule has 2 aromatic heterocycles. The SMILES string of the molecule is CCCn1c(=O)c2ccccc2n2c(SCC(=O)NCCC#N)nnc12. The molecule has 9 heteroatoms. The van der Waals surface area contributed by atoms with Gasteiger partial charge >= 0.3 is 0 Å². The van der Waals surface area contributed by atoms with Crippen molar-refractivity contribution in [3.05, 3.63) is 34.6 Å². The highest BCUT2D eigenvalue weighted by molar-refractivity contribution is 7.99. The summed E-state index contributed by atoms with van der Waals surface area (Å²) >= 11 is 1.25. The van der Waals surface area contributed by atoms with Gasteiger partial charge in [-0.25, -0.2) is 0 Å². The second-order valence-corrected chi connectivity index (χ2v) is 6.58. The van der Waals surface area contributed by atoms with Crippen LogP contribution in [0, 0.1) is 11.3 Å². The Morgan fingerprint density at radius 1 is 1.35 bits per heavy atom. The highest BCUT2D eigenvalue weighted by Gasteiger charge is 2.17. The molecule has 0 fully saturated rings. The summed E-state index contributed by atoms with van der Waals surface area (Å²) in [7, 11) is 0. The van der Waals surface area contributed by atoms with Gasteiger partial charge < -0.3 is 5.32 Å². The summed E-state index contributed by atoms with van der Waals surface area (Å²) < 4.78 is 3.44. The smallest absolute Gasteiger partial charge is 0.262 e. The van der Waals surface area contributed by atoms with Crippen molar-refractivity contribution in [1.82, 2.24) is 24.5 Å². The maximum atomic E-state index is 12.7. The molecule has 0 aliphatic rings. The quantitative estimate of drug-likeness (QED) is 0.500. The third-order valence-corrected chi connectivity index (χ3v) is 4.75. The van der Waals surface area contributed by atoms with Crippen LogP contribution in [0.1, 0.15) is 19.8 Å². The number of fused-ring (bicyclic) bond motifs is 3. The first-order valence-corrected chi connectivity index (χ1v) is 9.29. The zero-order valence-corrected chi connectivity index (χ0v) is 15.1. The van der Waals surface area contributed by atoms with Crippen molar-refractivity contribution < 1.29 is 4.79 Å². The summed E-state index contributed by atoms with van der Waals surface area (Å²) in [5.41, 5.74) is 0.630. The normalized spacial score (nSPS) is 10.9. The van der Waals surface area contributed by atoms with Gasteiger partial charge in [0.05, 0.1) is 29.1 Å². The van der Waals surface area contributed by atoms with Crippen LogP contribution in [-0.4, -0.2) is 37.4 Å². The minimum Gasteiger partial charge on any atom is -0.354 e. The number of hydrogen-bond acceptors (Lipinski definition) is 6. The summed E-state index contributed by atoms with van der Waals surface area (Å²) in [6, 6.07) is 9.29. The Balaban J connectivity index is 1.99. The second kappa shape index (κ2) is 8.01. The van der Waals surface area contributed by atoms with Crippen LogP contribution in [0.2, 0.25) is 0 Å². The van der Waals surface area contributed by atoms with E-state index in [1.54, 1.807) is 10.6 Å². The molecule has 26 heavy (non-hydrogen) atoms. The molecule has 2 heterocycles. The van der Waals surface area contributed by atoms with Crippen LogP contribution in [0.4, 0.5) is 0 Å². The number of amides is 1. The molecular formula is C17H18N6O2S. The molecule has 8 nitrogen and oxygen atoms in total. The lowest BCUT2D eigenvalue weighted by Gasteiger charge is -2.10. The monoisotopic (exact) mass is 370 g/mol. The largest absolute Gasteiger partial charge is 0.354 e. The summed E-state index contributed by atoms with van der Waals surface area (Å²) in [5.74, 6) is 0.462. The van der Waals surface area contributed by atoms with Crippen LogP contribution in [-0.2, 0) is 11.3 Å². The number of rotatable bonds is 7. The molecule has 0 spiro atoms. The van der Waals surface area contributed by atoms with Crippen molar-refractivity contribution >= 4 is 34.3 Å². The first-order valence-electron chi connectivity index (χ1n) is 8.30. The van der Waals surface area contributed by atoms with E-state index in [0.29, 0.717) is 29.4 Å². The fraction of sp³-hybridized carbons (Fsp3) is 0.353. The third-order valence-electron chi connectivity index (χ3n) is 3.82. The van der Waals surface area contributed by atoms with Gasteiger partial charge in [0.25, 0.3) is 5.56 Å². The highest BCUT2D eigenvalue weighted by Crippen LogP contribution is 2.21. The number of carbonyl (C=O) groups is 1. The third kappa shape index (κ3) is 3.41.